The van der Waals surface area contributed by atoms with E-state index >= 15 is 0 Å². The van der Waals surface area contributed by atoms with E-state index in [0.717, 1.165) is 22.5 Å². The van der Waals surface area contributed by atoms with Crippen molar-refractivity contribution in [1.82, 2.24) is 10.6 Å². The van der Waals surface area contributed by atoms with Gasteiger partial charge in [0.2, 0.25) is 0 Å². The van der Waals surface area contributed by atoms with E-state index < -0.39 is 10.8 Å². The van der Waals surface area contributed by atoms with Gasteiger partial charge in [-0.05, 0) is 95.1 Å². The maximum atomic E-state index is 5.68. The summed E-state index contributed by atoms with van der Waals surface area (Å²) in [6, 6.07) is 83.3. The van der Waals surface area contributed by atoms with Gasteiger partial charge in [-0.1, -0.05) is 232 Å². The zero-order valence-electron chi connectivity index (χ0n) is 36.5. The molecule has 3 nitrogen and oxygen atoms in total. The molecular weight excluding hydrogens is 787 g/mol. The molecule has 3 heteroatoms. The molecule has 0 fully saturated rings. The summed E-state index contributed by atoms with van der Waals surface area (Å²) in [5.41, 5.74) is 20.4. The Morgan fingerprint density at radius 2 is 0.815 bits per heavy atom. The van der Waals surface area contributed by atoms with Gasteiger partial charge >= 0.3 is 0 Å². The van der Waals surface area contributed by atoms with E-state index in [9.17, 15) is 0 Å². The molecule has 3 aliphatic carbocycles. The first-order chi connectivity index (χ1) is 32.0. The van der Waals surface area contributed by atoms with E-state index in [1.165, 1.54) is 77.9 Å². The van der Waals surface area contributed by atoms with E-state index in [1.54, 1.807) is 0 Å². The van der Waals surface area contributed by atoms with E-state index in [2.05, 4.69) is 249 Å². The lowest BCUT2D eigenvalue weighted by Gasteiger charge is -2.46. The van der Waals surface area contributed by atoms with Crippen molar-refractivity contribution in [1.29, 1.82) is 0 Å². The van der Waals surface area contributed by atoms with Crippen LogP contribution in [0.1, 0.15) is 98.5 Å². The summed E-state index contributed by atoms with van der Waals surface area (Å²) in [6.07, 6.45) is -0.532. The highest BCUT2D eigenvalue weighted by Gasteiger charge is 2.53. The number of amidine groups is 1. The smallest absolute Gasteiger partial charge is 0.131 e. The van der Waals surface area contributed by atoms with Crippen LogP contribution in [0.15, 0.2) is 229 Å². The van der Waals surface area contributed by atoms with Crippen molar-refractivity contribution in [3.8, 4) is 22.3 Å². The fraction of sp³-hybridized carbons (Fsp3) is 0.113. The molecule has 2 N–H and O–H groups in total. The quantitative estimate of drug-likeness (QED) is 0.181. The number of nitrogens with one attached hydrogen (secondary N) is 2. The summed E-state index contributed by atoms with van der Waals surface area (Å²) in [6.45, 7) is 4.77. The predicted molar refractivity (Wildman–Crippen MR) is 264 cm³/mol. The standard InChI is InChI=1S/C62H47N3/c1-60(2)51-30-16-18-32-53(51)62(54-33-19-17-31-52(54)60)50-29-15-13-27-46(50)48-37-35-42(39-56(48)62)59-64-57(40-20-6-3-7-21-40)63-58(65-59)41-34-36-47-45-26-12-14-28-49(45)61(55(47)38-41,43-22-8-4-9-23-43)44-24-10-5-11-25-44/h3-39,57,59,64H,1-2H3,(H,63,65). The Balaban J connectivity index is 1.02. The topological polar surface area (TPSA) is 36.4 Å². The zero-order chi connectivity index (χ0) is 43.3. The number of rotatable bonds is 5. The molecule has 0 aromatic heterocycles. The van der Waals surface area contributed by atoms with Crippen molar-refractivity contribution in [3.05, 3.63) is 297 Å². The van der Waals surface area contributed by atoms with Crippen molar-refractivity contribution >= 4 is 5.84 Å². The van der Waals surface area contributed by atoms with Crippen LogP contribution in [0.25, 0.3) is 22.3 Å². The Hall–Kier alpha value is -7.59. The van der Waals surface area contributed by atoms with Gasteiger partial charge in [-0.3, -0.25) is 5.32 Å². The second kappa shape index (κ2) is 14.2. The van der Waals surface area contributed by atoms with Gasteiger partial charge < -0.3 is 5.32 Å². The van der Waals surface area contributed by atoms with Crippen molar-refractivity contribution in [3.63, 3.8) is 0 Å². The third kappa shape index (κ3) is 5.25. The number of aliphatic imine (C=N–C) groups is 1. The van der Waals surface area contributed by atoms with Crippen LogP contribution in [0.5, 0.6) is 0 Å². The van der Waals surface area contributed by atoms with E-state index in [0.29, 0.717) is 0 Å². The van der Waals surface area contributed by atoms with Gasteiger partial charge in [-0.25, -0.2) is 4.99 Å². The van der Waals surface area contributed by atoms with Gasteiger partial charge in [0, 0.05) is 11.0 Å². The molecule has 1 spiro atoms. The zero-order valence-corrected chi connectivity index (χ0v) is 36.5. The Morgan fingerprint density at radius 3 is 1.40 bits per heavy atom. The Labute approximate surface area is 381 Å². The summed E-state index contributed by atoms with van der Waals surface area (Å²) in [5.74, 6) is 0.866. The van der Waals surface area contributed by atoms with Crippen LogP contribution >= 0.6 is 0 Å². The molecule has 2 unspecified atom stereocenters. The highest BCUT2D eigenvalue weighted by atomic mass is 15.3. The second-order valence-corrected chi connectivity index (χ2v) is 18.6. The summed E-state index contributed by atoms with van der Waals surface area (Å²) < 4.78 is 0. The molecule has 0 bridgehead atoms. The first-order valence-electron chi connectivity index (χ1n) is 22.9. The highest BCUT2D eigenvalue weighted by molar-refractivity contribution is 6.01. The molecule has 9 aromatic carbocycles. The molecule has 0 saturated carbocycles. The normalized spacial score (nSPS) is 18.5. The molecular formula is C62H47N3. The maximum Gasteiger partial charge on any atom is 0.131 e. The lowest BCUT2D eigenvalue weighted by Crippen LogP contribution is -2.45. The van der Waals surface area contributed by atoms with Crippen molar-refractivity contribution < 1.29 is 0 Å². The van der Waals surface area contributed by atoms with Gasteiger partial charge in [0.25, 0.3) is 0 Å². The number of hydrogen-bond acceptors (Lipinski definition) is 3. The number of benzene rings is 9. The summed E-state index contributed by atoms with van der Waals surface area (Å²) in [4.78, 5) is 5.68. The molecule has 0 amide bonds. The molecule has 1 heterocycles. The van der Waals surface area contributed by atoms with Gasteiger partial charge in [-0.2, -0.15) is 0 Å². The lowest BCUT2D eigenvalue weighted by molar-refractivity contribution is 0.408. The van der Waals surface area contributed by atoms with E-state index in [-0.39, 0.29) is 17.7 Å². The molecule has 65 heavy (non-hydrogen) atoms. The molecule has 13 rings (SSSR count). The van der Waals surface area contributed by atoms with Crippen LogP contribution in [0.3, 0.4) is 0 Å². The predicted octanol–water partition coefficient (Wildman–Crippen LogP) is 13.4. The fourth-order valence-electron chi connectivity index (χ4n) is 12.3. The van der Waals surface area contributed by atoms with Crippen molar-refractivity contribution in [2.75, 3.05) is 0 Å². The average Bonchev–Trinajstić information content (AvgIpc) is 3.84. The summed E-state index contributed by atoms with van der Waals surface area (Å²) >= 11 is 0. The van der Waals surface area contributed by atoms with Gasteiger partial charge in [0.15, 0.2) is 0 Å². The molecule has 0 radical (unpaired) electrons. The van der Waals surface area contributed by atoms with E-state index in [1.807, 2.05) is 0 Å². The van der Waals surface area contributed by atoms with Crippen LogP contribution in [-0.4, -0.2) is 5.84 Å². The van der Waals surface area contributed by atoms with E-state index in [4.69, 9.17) is 4.99 Å². The second-order valence-electron chi connectivity index (χ2n) is 18.6. The largest absolute Gasteiger partial charge is 0.350 e. The molecule has 2 atom stereocenters. The van der Waals surface area contributed by atoms with Gasteiger partial charge in [-0.15, -0.1) is 0 Å². The van der Waals surface area contributed by atoms with Gasteiger partial charge in [0.05, 0.1) is 10.8 Å². The molecule has 310 valence electrons. The molecule has 4 aliphatic rings. The van der Waals surface area contributed by atoms with Gasteiger partial charge in [0.1, 0.15) is 18.2 Å². The summed E-state index contributed by atoms with van der Waals surface area (Å²) in [7, 11) is 0. The van der Waals surface area contributed by atoms with Crippen molar-refractivity contribution in [2.45, 2.75) is 42.4 Å². The van der Waals surface area contributed by atoms with Crippen molar-refractivity contribution in [2.24, 2.45) is 4.99 Å². The monoisotopic (exact) mass is 833 g/mol. The highest BCUT2D eigenvalue weighted by Crippen LogP contribution is 2.62. The first-order valence-corrected chi connectivity index (χ1v) is 22.9. The Bertz CT molecular complexity index is 3280. The third-order valence-electron chi connectivity index (χ3n) is 15.1. The lowest BCUT2D eigenvalue weighted by atomic mass is 9.55. The third-order valence-corrected chi connectivity index (χ3v) is 15.1. The SMILES string of the molecule is CC1(C)c2ccccc2C2(c3ccccc3-c3ccc(C4N=C(c5ccc6c(c5)C(c5ccccc5)(c5ccccc5)c5ccccc5-6)NC(c5ccccc5)N4)cc32)c2ccccc21. The average molecular weight is 834 g/mol. The van der Waals surface area contributed by atoms with Crippen LogP contribution in [0.2, 0.25) is 0 Å². The Morgan fingerprint density at radius 1 is 0.369 bits per heavy atom. The maximum absolute atomic E-state index is 5.68. The minimum Gasteiger partial charge on any atom is -0.350 e. The number of fused-ring (bicyclic) bond motifs is 12. The summed E-state index contributed by atoms with van der Waals surface area (Å²) in [5, 5.41) is 7.88. The van der Waals surface area contributed by atoms with Crippen LogP contribution < -0.4 is 10.6 Å². The Kier molecular flexibility index (Phi) is 8.29. The molecule has 0 saturated heterocycles. The number of hydrogen-bond donors (Lipinski definition) is 2. The van der Waals surface area contributed by atoms with Crippen LogP contribution in [0, 0.1) is 0 Å². The molecule has 9 aromatic rings. The number of nitrogens with zero attached hydrogens (tertiary/aromatic N) is 1. The van der Waals surface area contributed by atoms with Crippen LogP contribution in [-0.2, 0) is 16.2 Å². The fourth-order valence-corrected chi connectivity index (χ4v) is 12.3. The van der Waals surface area contributed by atoms with Crippen LogP contribution in [0.4, 0.5) is 0 Å². The first kappa shape index (κ1) is 37.9. The minimum absolute atomic E-state index is 0.164. The molecule has 1 aliphatic heterocycles. The minimum atomic E-state index is -0.513.